The Morgan fingerprint density at radius 1 is 1.19 bits per heavy atom. The molecule has 2 aromatic carbocycles. The highest BCUT2D eigenvalue weighted by Crippen LogP contribution is 2.33. The fraction of sp³-hybridized carbons (Fsp3) is 0.280. The largest absolute Gasteiger partial charge is 0.416 e. The molecule has 5 rings (SSSR count). The molecular weight excluding hydrogens is 492 g/mol. The summed E-state index contributed by atoms with van der Waals surface area (Å²) >= 11 is 0. The highest BCUT2D eigenvalue weighted by Gasteiger charge is 2.36. The molecular formula is C25H22F4N6O2. The number of pyridine rings is 1. The van der Waals surface area contributed by atoms with Gasteiger partial charge in [0.05, 0.1) is 37.4 Å². The van der Waals surface area contributed by atoms with Crippen molar-refractivity contribution in [3.8, 4) is 0 Å². The van der Waals surface area contributed by atoms with Crippen molar-refractivity contribution >= 4 is 39.4 Å². The minimum atomic E-state index is -4.86. The lowest BCUT2D eigenvalue weighted by Crippen LogP contribution is -2.47. The van der Waals surface area contributed by atoms with E-state index >= 15 is 0 Å². The molecule has 1 aliphatic carbocycles. The number of hydrazine groups is 1. The van der Waals surface area contributed by atoms with E-state index in [2.05, 4.69) is 10.1 Å². The number of nitrogens with two attached hydrogens (primary N) is 1. The molecule has 2 heterocycles. The van der Waals surface area contributed by atoms with Crippen LogP contribution >= 0.6 is 0 Å². The number of benzene rings is 2. The summed E-state index contributed by atoms with van der Waals surface area (Å²) in [5.74, 6) is -3.35. The van der Waals surface area contributed by atoms with Crippen molar-refractivity contribution in [3.63, 3.8) is 0 Å². The summed E-state index contributed by atoms with van der Waals surface area (Å²) in [4.78, 5) is 31.1. The van der Waals surface area contributed by atoms with Gasteiger partial charge in [-0.05, 0) is 43.2 Å². The molecule has 2 amide bonds. The lowest BCUT2D eigenvalue weighted by molar-refractivity contribution is -0.144. The Balaban J connectivity index is 1.65. The number of halogens is 4. The number of anilines is 1. The fourth-order valence-electron chi connectivity index (χ4n) is 4.06. The van der Waals surface area contributed by atoms with Gasteiger partial charge in [0.25, 0.3) is 5.91 Å². The van der Waals surface area contributed by atoms with E-state index < -0.39 is 47.3 Å². The summed E-state index contributed by atoms with van der Waals surface area (Å²) < 4.78 is 73.2. The van der Waals surface area contributed by atoms with E-state index in [1.165, 1.54) is 36.1 Å². The number of rotatable bonds is 4. The third kappa shape index (κ3) is 4.43. The number of amides is 2. The van der Waals surface area contributed by atoms with Crippen molar-refractivity contribution in [3.05, 3.63) is 65.1 Å². The molecule has 37 heavy (non-hydrogen) atoms. The summed E-state index contributed by atoms with van der Waals surface area (Å²) in [6, 6.07) is 5.56. The molecule has 2 aromatic heterocycles. The van der Waals surface area contributed by atoms with Crippen molar-refractivity contribution in [2.45, 2.75) is 25.5 Å². The second kappa shape index (κ2) is 8.71. The van der Waals surface area contributed by atoms with E-state index in [1.54, 1.807) is 7.05 Å². The Kier molecular flexibility index (Phi) is 5.18. The van der Waals surface area contributed by atoms with Crippen LogP contribution in [0.25, 0.3) is 21.8 Å². The van der Waals surface area contributed by atoms with E-state index in [1.807, 2.05) is 0 Å². The third-order valence-electron chi connectivity index (χ3n) is 6.21. The first kappa shape index (κ1) is 22.0. The van der Waals surface area contributed by atoms with Crippen LogP contribution in [0.5, 0.6) is 0 Å². The van der Waals surface area contributed by atoms with Crippen molar-refractivity contribution in [2.24, 2.45) is 13.0 Å². The average molecular weight is 516 g/mol. The Morgan fingerprint density at radius 3 is 2.57 bits per heavy atom. The van der Waals surface area contributed by atoms with Gasteiger partial charge in [0.2, 0.25) is 5.91 Å². The number of hydrogen-bond acceptors (Lipinski definition) is 5. The first-order chi connectivity index (χ1) is 18.2. The van der Waals surface area contributed by atoms with Gasteiger partial charge in [-0.15, -0.1) is 0 Å². The smallest absolute Gasteiger partial charge is 0.383 e. The maximum atomic E-state index is 15.0. The zero-order valence-corrected chi connectivity index (χ0v) is 19.7. The SMILES string of the molecule is [2H]C([2H])(c1ccc(C(F)(F)F)cc1F)N(C(=O)c1ccc2nc(N)c3cnn(C)c3c2c1)N(C)C(=O)C1CC1. The van der Waals surface area contributed by atoms with Crippen molar-refractivity contribution < 1.29 is 29.9 Å². The Labute approximate surface area is 211 Å². The number of nitrogen functional groups attached to an aromatic ring is 1. The molecule has 192 valence electrons. The minimum Gasteiger partial charge on any atom is -0.383 e. The van der Waals surface area contributed by atoms with Crippen LogP contribution in [0.15, 0.2) is 42.6 Å². The molecule has 0 spiro atoms. The highest BCUT2D eigenvalue weighted by atomic mass is 19.4. The van der Waals surface area contributed by atoms with Crippen LogP contribution < -0.4 is 5.73 Å². The second-order valence-electron chi connectivity index (χ2n) is 8.82. The van der Waals surface area contributed by atoms with E-state index in [-0.39, 0.29) is 17.4 Å². The second-order valence-corrected chi connectivity index (χ2v) is 8.82. The summed E-state index contributed by atoms with van der Waals surface area (Å²) in [5.41, 5.74) is 4.76. The number of fused-ring (bicyclic) bond motifs is 3. The van der Waals surface area contributed by atoms with Gasteiger partial charge in [-0.3, -0.25) is 19.3 Å². The van der Waals surface area contributed by atoms with Crippen LogP contribution in [0.2, 0.25) is 0 Å². The quantitative estimate of drug-likeness (QED) is 0.323. The number of nitrogens with zero attached hydrogens (tertiary/aromatic N) is 5. The van der Waals surface area contributed by atoms with Gasteiger partial charge < -0.3 is 5.73 Å². The van der Waals surface area contributed by atoms with Crippen LogP contribution in [0.4, 0.5) is 23.4 Å². The molecule has 8 nitrogen and oxygen atoms in total. The Bertz CT molecular complexity index is 1650. The molecule has 12 heteroatoms. The van der Waals surface area contributed by atoms with Crippen LogP contribution in [0, 0.1) is 11.7 Å². The van der Waals surface area contributed by atoms with Gasteiger partial charge >= 0.3 is 6.18 Å². The molecule has 1 fully saturated rings. The van der Waals surface area contributed by atoms with Gasteiger partial charge in [0, 0.05) is 36.5 Å². The molecule has 0 radical (unpaired) electrons. The number of hydrogen-bond donors (Lipinski definition) is 1. The van der Waals surface area contributed by atoms with Crippen molar-refractivity contribution in [1.29, 1.82) is 0 Å². The zero-order valence-electron chi connectivity index (χ0n) is 21.7. The first-order valence-electron chi connectivity index (χ1n) is 12.2. The van der Waals surface area contributed by atoms with E-state index in [9.17, 15) is 27.2 Å². The summed E-state index contributed by atoms with van der Waals surface area (Å²) in [6.07, 6.45) is -2.29. The van der Waals surface area contributed by atoms with Crippen LogP contribution in [-0.4, -0.2) is 43.6 Å². The van der Waals surface area contributed by atoms with Crippen molar-refractivity contribution in [2.75, 3.05) is 12.8 Å². The number of carbonyl (C=O) groups is 2. The standard InChI is InChI=1S/C25H22F4N6O2/c1-33-21-17-9-14(6-8-20(17)32-22(30)18(21)11-31-33)24(37)35(34(2)23(36)13-3-4-13)12-15-5-7-16(10-19(15)26)25(27,28)29/h5-11,13H,3-4,12H2,1-2H3,(H2,30,32)/i12D2. The van der Waals surface area contributed by atoms with Crippen molar-refractivity contribution in [1.82, 2.24) is 24.8 Å². The summed E-state index contributed by atoms with van der Waals surface area (Å²) in [7, 11) is 2.83. The normalized spacial score (nSPS) is 15.0. The highest BCUT2D eigenvalue weighted by molar-refractivity contribution is 6.10. The average Bonchev–Trinajstić information content (AvgIpc) is 3.64. The Morgan fingerprint density at radius 2 is 1.92 bits per heavy atom. The maximum Gasteiger partial charge on any atom is 0.416 e. The molecule has 0 atom stereocenters. The number of aromatic nitrogens is 3. The van der Waals surface area contributed by atoms with Gasteiger partial charge in [0.15, 0.2) is 0 Å². The predicted octanol–water partition coefficient (Wildman–Crippen LogP) is 4.29. The molecule has 1 saturated carbocycles. The van der Waals surface area contributed by atoms with Gasteiger partial charge in [-0.1, -0.05) is 6.07 Å². The lowest BCUT2D eigenvalue weighted by atomic mass is 10.1. The number of carbonyl (C=O) groups excluding carboxylic acids is 2. The monoisotopic (exact) mass is 516 g/mol. The predicted molar refractivity (Wildman–Crippen MR) is 127 cm³/mol. The third-order valence-corrected chi connectivity index (χ3v) is 6.21. The maximum absolute atomic E-state index is 15.0. The van der Waals surface area contributed by atoms with Gasteiger partial charge in [0.1, 0.15) is 11.6 Å². The van der Waals surface area contributed by atoms with E-state index in [0.29, 0.717) is 51.8 Å². The molecule has 0 unspecified atom stereocenters. The summed E-state index contributed by atoms with van der Waals surface area (Å²) in [6.45, 7) is -3.05. The fourth-order valence-corrected chi connectivity index (χ4v) is 4.06. The minimum absolute atomic E-state index is 0.0804. The van der Waals surface area contributed by atoms with Crippen LogP contribution in [0.1, 0.15) is 37.1 Å². The van der Waals surface area contributed by atoms with Crippen LogP contribution in [-0.2, 0) is 24.5 Å². The van der Waals surface area contributed by atoms with Gasteiger partial charge in [-0.2, -0.15) is 18.3 Å². The lowest BCUT2D eigenvalue weighted by Gasteiger charge is -2.32. The molecule has 0 bridgehead atoms. The van der Waals surface area contributed by atoms with E-state index in [0.717, 1.165) is 5.01 Å². The Hall–Kier alpha value is -4.22. The zero-order chi connectivity index (χ0) is 28.4. The molecule has 2 N–H and O–H groups in total. The topological polar surface area (TPSA) is 97.3 Å². The summed E-state index contributed by atoms with van der Waals surface area (Å²) in [5, 5.41) is 6.36. The number of aryl methyl sites for hydroxylation is 1. The van der Waals surface area contributed by atoms with Gasteiger partial charge in [-0.25, -0.2) is 14.4 Å². The molecule has 0 saturated heterocycles. The number of alkyl halides is 3. The van der Waals surface area contributed by atoms with Crippen LogP contribution in [0.3, 0.4) is 0 Å². The molecule has 4 aromatic rings. The molecule has 1 aliphatic rings. The first-order valence-corrected chi connectivity index (χ1v) is 11.2. The van der Waals surface area contributed by atoms with E-state index in [4.69, 9.17) is 8.48 Å². The molecule has 0 aliphatic heterocycles.